The van der Waals surface area contributed by atoms with Crippen LogP contribution in [-0.2, 0) is 0 Å². The van der Waals surface area contributed by atoms with Gasteiger partial charge in [-0.3, -0.25) is 0 Å². The van der Waals surface area contributed by atoms with E-state index in [9.17, 15) is 9.18 Å². The number of rotatable bonds is 2. The van der Waals surface area contributed by atoms with E-state index in [0.717, 1.165) is 16.5 Å². The fourth-order valence-corrected chi connectivity index (χ4v) is 2.27. The number of aryl methyl sites for hydroxylation is 1. The summed E-state index contributed by atoms with van der Waals surface area (Å²) >= 11 is 1.51. The van der Waals surface area contributed by atoms with Gasteiger partial charge in [0.05, 0.1) is 0 Å². The molecule has 0 radical (unpaired) electrons. The number of carboxylic acids is 1. The van der Waals surface area contributed by atoms with Gasteiger partial charge in [-0.05, 0) is 35.6 Å². The molecule has 0 aliphatic rings. The summed E-state index contributed by atoms with van der Waals surface area (Å²) in [7, 11) is 0. The van der Waals surface area contributed by atoms with E-state index in [1.165, 1.54) is 17.4 Å². The molecule has 2 rings (SSSR count). The lowest BCUT2D eigenvalue weighted by Gasteiger charge is -2.04. The Balaban J connectivity index is 2.65. The largest absolute Gasteiger partial charge is 0.478 e. The predicted molar refractivity (Wildman–Crippen MR) is 61.4 cm³/mol. The Hall–Kier alpha value is -1.68. The van der Waals surface area contributed by atoms with Crippen molar-refractivity contribution in [2.24, 2.45) is 0 Å². The van der Waals surface area contributed by atoms with Crippen molar-refractivity contribution in [1.29, 1.82) is 0 Å². The van der Waals surface area contributed by atoms with Crippen LogP contribution in [0.25, 0.3) is 11.1 Å². The molecule has 0 fully saturated rings. The van der Waals surface area contributed by atoms with Crippen LogP contribution in [0.15, 0.2) is 29.6 Å². The Kier molecular flexibility index (Phi) is 2.75. The van der Waals surface area contributed by atoms with Crippen molar-refractivity contribution in [2.75, 3.05) is 0 Å². The molecule has 0 aliphatic carbocycles. The lowest BCUT2D eigenvalue weighted by molar-refractivity contribution is 0.0693. The van der Waals surface area contributed by atoms with Crippen molar-refractivity contribution < 1.29 is 14.3 Å². The second-order valence-corrected chi connectivity index (χ2v) is 4.53. The molecule has 0 bridgehead atoms. The monoisotopic (exact) mass is 236 g/mol. The van der Waals surface area contributed by atoms with Crippen LogP contribution in [0.2, 0.25) is 0 Å². The lowest BCUT2D eigenvalue weighted by atomic mass is 10.0. The van der Waals surface area contributed by atoms with Crippen LogP contribution in [0, 0.1) is 12.7 Å². The van der Waals surface area contributed by atoms with E-state index in [2.05, 4.69) is 0 Å². The maximum atomic E-state index is 13.4. The molecule has 82 valence electrons. The lowest BCUT2D eigenvalue weighted by Crippen LogP contribution is -2.02. The normalized spacial score (nSPS) is 10.4. The molecule has 0 saturated heterocycles. The van der Waals surface area contributed by atoms with Crippen LogP contribution in [0.5, 0.6) is 0 Å². The topological polar surface area (TPSA) is 37.3 Å². The van der Waals surface area contributed by atoms with E-state index in [0.29, 0.717) is 5.56 Å². The molecule has 0 amide bonds. The fourth-order valence-electron chi connectivity index (χ4n) is 1.57. The van der Waals surface area contributed by atoms with Crippen molar-refractivity contribution in [1.82, 2.24) is 0 Å². The Morgan fingerprint density at radius 2 is 2.19 bits per heavy atom. The molecule has 4 heteroatoms. The highest BCUT2D eigenvalue weighted by molar-refractivity contribution is 7.10. The van der Waals surface area contributed by atoms with Crippen LogP contribution < -0.4 is 0 Å². The van der Waals surface area contributed by atoms with E-state index < -0.39 is 11.8 Å². The van der Waals surface area contributed by atoms with Gasteiger partial charge in [-0.2, -0.15) is 0 Å². The number of hydrogen-bond donors (Lipinski definition) is 1. The number of aromatic carboxylic acids is 1. The first-order valence-corrected chi connectivity index (χ1v) is 5.55. The van der Waals surface area contributed by atoms with Crippen molar-refractivity contribution in [2.45, 2.75) is 6.92 Å². The van der Waals surface area contributed by atoms with E-state index in [-0.39, 0.29) is 5.56 Å². The van der Waals surface area contributed by atoms with Gasteiger partial charge in [0.25, 0.3) is 0 Å². The summed E-state index contributed by atoms with van der Waals surface area (Å²) in [5, 5.41) is 10.8. The van der Waals surface area contributed by atoms with Gasteiger partial charge in [-0.15, -0.1) is 11.3 Å². The molecule has 1 aromatic heterocycles. The summed E-state index contributed by atoms with van der Waals surface area (Å²) in [5.74, 6) is -1.94. The van der Waals surface area contributed by atoms with Crippen molar-refractivity contribution >= 4 is 17.3 Å². The molecular formula is C12H9FO2S. The molecule has 16 heavy (non-hydrogen) atoms. The molecular weight excluding hydrogens is 227 g/mol. The summed E-state index contributed by atoms with van der Waals surface area (Å²) in [4.78, 5) is 12.1. The molecule has 1 N–H and O–H groups in total. The van der Waals surface area contributed by atoms with Crippen LogP contribution in [0.3, 0.4) is 0 Å². The third kappa shape index (κ3) is 1.84. The molecule has 2 aromatic rings. The molecule has 1 heterocycles. The van der Waals surface area contributed by atoms with E-state index >= 15 is 0 Å². The minimum atomic E-state index is -1.24. The van der Waals surface area contributed by atoms with Crippen LogP contribution in [0.4, 0.5) is 4.39 Å². The molecule has 0 unspecified atom stereocenters. The first kappa shape index (κ1) is 10.8. The summed E-state index contributed by atoms with van der Waals surface area (Å²) in [6, 6.07) is 6.15. The minimum absolute atomic E-state index is 0.264. The van der Waals surface area contributed by atoms with Gasteiger partial charge in [-0.1, -0.05) is 12.1 Å². The van der Waals surface area contributed by atoms with Gasteiger partial charge in [0.15, 0.2) is 0 Å². The number of thiophene rings is 1. The van der Waals surface area contributed by atoms with Gasteiger partial charge in [0.1, 0.15) is 11.4 Å². The quantitative estimate of drug-likeness (QED) is 0.865. The van der Waals surface area contributed by atoms with Gasteiger partial charge < -0.3 is 5.11 Å². The Bertz CT molecular complexity index is 546. The van der Waals surface area contributed by atoms with E-state index in [4.69, 9.17) is 5.11 Å². The maximum Gasteiger partial charge on any atom is 0.339 e. The van der Waals surface area contributed by atoms with Crippen molar-refractivity contribution in [3.63, 3.8) is 0 Å². The second kappa shape index (κ2) is 4.06. The van der Waals surface area contributed by atoms with Crippen molar-refractivity contribution in [3.8, 4) is 11.1 Å². The molecule has 0 saturated carbocycles. The van der Waals surface area contributed by atoms with Gasteiger partial charge in [-0.25, -0.2) is 9.18 Å². The summed E-state index contributed by atoms with van der Waals surface area (Å²) in [6.07, 6.45) is 0. The number of benzene rings is 1. The van der Waals surface area contributed by atoms with Crippen LogP contribution in [-0.4, -0.2) is 11.1 Å². The highest BCUT2D eigenvalue weighted by Crippen LogP contribution is 2.29. The van der Waals surface area contributed by atoms with E-state index in [1.807, 2.05) is 18.4 Å². The van der Waals surface area contributed by atoms with Crippen LogP contribution in [0.1, 0.15) is 15.2 Å². The molecule has 1 aromatic carbocycles. The zero-order valence-electron chi connectivity index (χ0n) is 8.53. The number of carbonyl (C=O) groups is 1. The van der Waals surface area contributed by atoms with Gasteiger partial charge >= 0.3 is 5.97 Å². The van der Waals surface area contributed by atoms with Crippen LogP contribution >= 0.6 is 11.3 Å². The number of halogens is 1. The molecule has 0 aliphatic heterocycles. The zero-order valence-corrected chi connectivity index (χ0v) is 9.34. The first-order chi connectivity index (χ1) is 7.59. The Morgan fingerprint density at radius 1 is 1.44 bits per heavy atom. The second-order valence-electron chi connectivity index (χ2n) is 3.41. The summed E-state index contributed by atoms with van der Waals surface area (Å²) < 4.78 is 13.4. The number of hydrogen-bond acceptors (Lipinski definition) is 2. The van der Waals surface area contributed by atoms with Gasteiger partial charge in [0, 0.05) is 4.88 Å². The highest BCUT2D eigenvalue weighted by Gasteiger charge is 2.17. The standard InChI is InChI=1S/C12H9FO2S/c1-7-5-8(6-16-7)9-3-2-4-10(13)11(9)12(14)15/h2-6H,1H3,(H,14,15). The zero-order chi connectivity index (χ0) is 11.7. The first-order valence-electron chi connectivity index (χ1n) is 4.67. The minimum Gasteiger partial charge on any atom is -0.478 e. The van der Waals surface area contributed by atoms with Crippen molar-refractivity contribution in [3.05, 3.63) is 45.9 Å². The molecule has 2 nitrogen and oxygen atoms in total. The molecule has 0 atom stereocenters. The number of carboxylic acid groups (broad SMARTS) is 1. The van der Waals surface area contributed by atoms with Gasteiger partial charge in [0.2, 0.25) is 0 Å². The Labute approximate surface area is 96.0 Å². The van der Waals surface area contributed by atoms with E-state index in [1.54, 1.807) is 6.07 Å². The fraction of sp³-hybridized carbons (Fsp3) is 0.0833. The smallest absolute Gasteiger partial charge is 0.339 e. The summed E-state index contributed by atoms with van der Waals surface area (Å²) in [5.41, 5.74) is 0.913. The predicted octanol–water partition coefficient (Wildman–Crippen LogP) is 3.56. The Morgan fingerprint density at radius 3 is 2.75 bits per heavy atom. The highest BCUT2D eigenvalue weighted by atomic mass is 32.1. The maximum absolute atomic E-state index is 13.4. The summed E-state index contributed by atoms with van der Waals surface area (Å²) in [6.45, 7) is 1.92. The molecule has 0 spiro atoms. The third-order valence-electron chi connectivity index (χ3n) is 2.27. The average molecular weight is 236 g/mol. The SMILES string of the molecule is Cc1cc(-c2cccc(F)c2C(=O)O)cs1. The average Bonchev–Trinajstić information content (AvgIpc) is 2.63. The third-order valence-corrected chi connectivity index (χ3v) is 3.13.